The third-order valence-corrected chi connectivity index (χ3v) is 2.88. The first-order valence-corrected chi connectivity index (χ1v) is 6.27. The number of benzene rings is 1. The Bertz CT molecular complexity index is 379. The van der Waals surface area contributed by atoms with Gasteiger partial charge in [-0.2, -0.15) is 0 Å². The smallest absolute Gasteiger partial charge is 0.338 e. The van der Waals surface area contributed by atoms with Gasteiger partial charge in [0.1, 0.15) is 5.75 Å². The van der Waals surface area contributed by atoms with E-state index in [1.165, 1.54) is 0 Å². The normalized spacial score (nSPS) is 18.6. The van der Waals surface area contributed by atoms with Crippen molar-refractivity contribution >= 4 is 5.97 Å². The summed E-state index contributed by atoms with van der Waals surface area (Å²) in [7, 11) is 0. The molecular weight excluding hydrogens is 232 g/mol. The van der Waals surface area contributed by atoms with Gasteiger partial charge in [-0.15, -0.1) is 0 Å². The van der Waals surface area contributed by atoms with E-state index < -0.39 is 0 Å². The van der Waals surface area contributed by atoms with Gasteiger partial charge in [-0.3, -0.25) is 0 Å². The van der Waals surface area contributed by atoms with Crippen LogP contribution in [0.1, 0.15) is 23.7 Å². The van der Waals surface area contributed by atoms with Crippen LogP contribution in [0.25, 0.3) is 0 Å². The van der Waals surface area contributed by atoms with Crippen molar-refractivity contribution in [1.82, 2.24) is 0 Å². The molecule has 1 aromatic rings. The molecule has 1 atom stereocenters. The molecular formula is C14H18O4. The van der Waals surface area contributed by atoms with E-state index in [0.717, 1.165) is 25.4 Å². The van der Waals surface area contributed by atoms with Gasteiger partial charge in [0.25, 0.3) is 0 Å². The minimum Gasteiger partial charge on any atom is -0.493 e. The van der Waals surface area contributed by atoms with Gasteiger partial charge in [0.2, 0.25) is 0 Å². The number of carbonyl (C=O) groups is 1. The van der Waals surface area contributed by atoms with Crippen molar-refractivity contribution in [1.29, 1.82) is 0 Å². The van der Waals surface area contributed by atoms with Gasteiger partial charge in [-0.25, -0.2) is 4.79 Å². The van der Waals surface area contributed by atoms with Crippen LogP contribution in [0.5, 0.6) is 5.75 Å². The van der Waals surface area contributed by atoms with Crippen molar-refractivity contribution < 1.29 is 19.0 Å². The molecule has 4 heteroatoms. The van der Waals surface area contributed by atoms with Crippen molar-refractivity contribution in [2.24, 2.45) is 5.92 Å². The molecule has 0 amide bonds. The summed E-state index contributed by atoms with van der Waals surface area (Å²) in [5, 5.41) is 0. The average Bonchev–Trinajstić information content (AvgIpc) is 2.90. The van der Waals surface area contributed by atoms with Gasteiger partial charge in [0, 0.05) is 12.5 Å². The molecule has 1 fully saturated rings. The van der Waals surface area contributed by atoms with E-state index in [1.807, 2.05) is 0 Å². The molecule has 0 spiro atoms. The number of hydrogen-bond acceptors (Lipinski definition) is 4. The summed E-state index contributed by atoms with van der Waals surface area (Å²) in [5.41, 5.74) is 0.549. The molecule has 0 radical (unpaired) electrons. The third-order valence-electron chi connectivity index (χ3n) is 2.88. The standard InChI is InChI=1S/C14H18O4/c1-2-17-14(15)12-3-5-13(6-4-12)18-10-11-7-8-16-9-11/h3-6,11H,2,7-10H2,1H3. The highest BCUT2D eigenvalue weighted by molar-refractivity contribution is 5.89. The molecule has 1 aliphatic rings. The van der Waals surface area contributed by atoms with E-state index in [1.54, 1.807) is 31.2 Å². The maximum atomic E-state index is 11.4. The lowest BCUT2D eigenvalue weighted by atomic mass is 10.1. The highest BCUT2D eigenvalue weighted by atomic mass is 16.5. The Morgan fingerprint density at radius 2 is 2.17 bits per heavy atom. The molecule has 2 rings (SSSR count). The van der Waals surface area contributed by atoms with Crippen molar-refractivity contribution in [2.75, 3.05) is 26.4 Å². The maximum Gasteiger partial charge on any atom is 0.338 e. The molecule has 0 saturated carbocycles. The molecule has 4 nitrogen and oxygen atoms in total. The Balaban J connectivity index is 1.85. The predicted octanol–water partition coefficient (Wildman–Crippen LogP) is 2.28. The number of ether oxygens (including phenoxy) is 3. The number of rotatable bonds is 5. The monoisotopic (exact) mass is 250 g/mol. The lowest BCUT2D eigenvalue weighted by molar-refractivity contribution is 0.0526. The lowest BCUT2D eigenvalue weighted by Crippen LogP contribution is -2.11. The summed E-state index contributed by atoms with van der Waals surface area (Å²) < 4.78 is 15.8. The van der Waals surface area contributed by atoms with Crippen LogP contribution in [0.3, 0.4) is 0 Å². The SMILES string of the molecule is CCOC(=O)c1ccc(OCC2CCOC2)cc1. The fourth-order valence-electron chi connectivity index (χ4n) is 1.83. The minimum absolute atomic E-state index is 0.298. The average molecular weight is 250 g/mol. The van der Waals surface area contributed by atoms with Crippen LogP contribution in [-0.4, -0.2) is 32.4 Å². The molecule has 1 heterocycles. The molecule has 98 valence electrons. The molecule has 0 aromatic heterocycles. The molecule has 1 aromatic carbocycles. The number of esters is 1. The van der Waals surface area contributed by atoms with Crippen LogP contribution in [0.2, 0.25) is 0 Å². The van der Waals surface area contributed by atoms with E-state index in [0.29, 0.717) is 24.7 Å². The lowest BCUT2D eigenvalue weighted by Gasteiger charge is -2.10. The van der Waals surface area contributed by atoms with Crippen LogP contribution in [0, 0.1) is 5.92 Å². The summed E-state index contributed by atoms with van der Waals surface area (Å²) in [4.78, 5) is 11.4. The van der Waals surface area contributed by atoms with Crippen molar-refractivity contribution in [3.63, 3.8) is 0 Å². The predicted molar refractivity (Wildman–Crippen MR) is 66.8 cm³/mol. The van der Waals surface area contributed by atoms with Crippen LogP contribution in [-0.2, 0) is 9.47 Å². The van der Waals surface area contributed by atoms with E-state index >= 15 is 0 Å². The molecule has 1 unspecified atom stereocenters. The van der Waals surface area contributed by atoms with Gasteiger partial charge in [-0.1, -0.05) is 0 Å². The quantitative estimate of drug-likeness (QED) is 0.752. The van der Waals surface area contributed by atoms with E-state index in [2.05, 4.69) is 0 Å². The van der Waals surface area contributed by atoms with Crippen LogP contribution >= 0.6 is 0 Å². The second-order valence-corrected chi connectivity index (χ2v) is 4.29. The zero-order valence-corrected chi connectivity index (χ0v) is 10.6. The molecule has 0 aliphatic carbocycles. The second-order valence-electron chi connectivity index (χ2n) is 4.29. The Labute approximate surface area is 107 Å². The fraction of sp³-hybridized carbons (Fsp3) is 0.500. The highest BCUT2D eigenvalue weighted by Crippen LogP contribution is 2.17. The zero-order valence-electron chi connectivity index (χ0n) is 10.6. The maximum absolute atomic E-state index is 11.4. The van der Waals surface area contributed by atoms with Crippen LogP contribution in [0.4, 0.5) is 0 Å². The first-order valence-electron chi connectivity index (χ1n) is 6.27. The van der Waals surface area contributed by atoms with Crippen molar-refractivity contribution in [3.05, 3.63) is 29.8 Å². The Kier molecular flexibility index (Phi) is 4.59. The molecule has 1 saturated heterocycles. The van der Waals surface area contributed by atoms with E-state index in [-0.39, 0.29) is 5.97 Å². The van der Waals surface area contributed by atoms with Gasteiger partial charge in [0.15, 0.2) is 0 Å². The van der Waals surface area contributed by atoms with Crippen molar-refractivity contribution in [2.45, 2.75) is 13.3 Å². The fourth-order valence-corrected chi connectivity index (χ4v) is 1.83. The second kappa shape index (κ2) is 6.40. The van der Waals surface area contributed by atoms with E-state index in [9.17, 15) is 4.79 Å². The van der Waals surface area contributed by atoms with Gasteiger partial charge in [-0.05, 0) is 37.6 Å². The Hall–Kier alpha value is -1.55. The largest absolute Gasteiger partial charge is 0.493 e. The number of carbonyl (C=O) groups excluding carboxylic acids is 1. The van der Waals surface area contributed by atoms with Crippen LogP contribution < -0.4 is 4.74 Å². The van der Waals surface area contributed by atoms with Gasteiger partial charge < -0.3 is 14.2 Å². The zero-order chi connectivity index (χ0) is 12.8. The Morgan fingerprint density at radius 3 is 2.78 bits per heavy atom. The molecule has 0 N–H and O–H groups in total. The summed E-state index contributed by atoms with van der Waals surface area (Å²) in [6.07, 6.45) is 1.06. The minimum atomic E-state index is -0.298. The topological polar surface area (TPSA) is 44.8 Å². The summed E-state index contributed by atoms with van der Waals surface area (Å²) in [6.45, 7) is 4.45. The van der Waals surface area contributed by atoms with Gasteiger partial charge in [0.05, 0.1) is 25.4 Å². The van der Waals surface area contributed by atoms with Crippen LogP contribution in [0.15, 0.2) is 24.3 Å². The molecule has 1 aliphatic heterocycles. The number of hydrogen-bond donors (Lipinski definition) is 0. The van der Waals surface area contributed by atoms with Gasteiger partial charge >= 0.3 is 5.97 Å². The third kappa shape index (κ3) is 3.47. The molecule has 18 heavy (non-hydrogen) atoms. The summed E-state index contributed by atoms with van der Waals surface area (Å²) in [5.74, 6) is 0.956. The summed E-state index contributed by atoms with van der Waals surface area (Å²) in [6, 6.07) is 7.03. The first-order chi connectivity index (χ1) is 8.79. The molecule has 0 bridgehead atoms. The Morgan fingerprint density at radius 1 is 1.39 bits per heavy atom. The van der Waals surface area contributed by atoms with E-state index in [4.69, 9.17) is 14.2 Å². The van der Waals surface area contributed by atoms with Crippen molar-refractivity contribution in [3.8, 4) is 5.75 Å². The summed E-state index contributed by atoms with van der Waals surface area (Å²) >= 11 is 0. The highest BCUT2D eigenvalue weighted by Gasteiger charge is 2.16. The first kappa shape index (κ1) is 12.9.